The average molecular weight is 341 g/mol. The molecule has 1 heterocycles. The molecule has 0 N–H and O–H groups in total. The van der Waals surface area contributed by atoms with Crippen LogP contribution < -0.4 is 0 Å². The molecule has 2 rings (SSSR count). The van der Waals surface area contributed by atoms with Crippen LogP contribution in [0, 0.1) is 0 Å². The molecule has 0 amide bonds. The molecule has 0 saturated heterocycles. The van der Waals surface area contributed by atoms with Crippen molar-refractivity contribution in [3.63, 3.8) is 0 Å². The van der Waals surface area contributed by atoms with Crippen LogP contribution in [-0.2, 0) is 6.54 Å². The van der Waals surface area contributed by atoms with E-state index in [2.05, 4.69) is 58.9 Å². The predicted octanol–water partition coefficient (Wildman–Crippen LogP) is 4.68. The van der Waals surface area contributed by atoms with Gasteiger partial charge in [-0.3, -0.25) is 4.90 Å². The zero-order valence-electron chi connectivity index (χ0n) is 11.6. The lowest BCUT2D eigenvalue weighted by molar-refractivity contribution is 0.189. The Bertz CT molecular complexity index is 475. The summed E-state index contributed by atoms with van der Waals surface area (Å²) in [5.41, 5.74) is 1.13. The van der Waals surface area contributed by atoms with E-state index in [4.69, 9.17) is 4.98 Å². The Balaban J connectivity index is 2.15. The Labute approximate surface area is 128 Å². The monoisotopic (exact) mass is 340 g/mol. The van der Waals surface area contributed by atoms with E-state index in [0.29, 0.717) is 6.04 Å². The number of para-hydroxylation sites is 1. The zero-order valence-corrected chi connectivity index (χ0v) is 14.0. The van der Waals surface area contributed by atoms with Crippen molar-refractivity contribution < 1.29 is 0 Å². The second-order valence-electron chi connectivity index (χ2n) is 4.71. The van der Waals surface area contributed by atoms with Crippen molar-refractivity contribution >= 4 is 37.5 Å². The third-order valence-electron chi connectivity index (χ3n) is 3.51. The van der Waals surface area contributed by atoms with E-state index >= 15 is 0 Å². The average Bonchev–Trinajstić information content (AvgIpc) is 2.82. The van der Waals surface area contributed by atoms with E-state index in [0.717, 1.165) is 23.9 Å². The molecule has 0 spiro atoms. The fraction of sp³-hybridized carbons (Fsp3) is 0.533. The highest BCUT2D eigenvalue weighted by Gasteiger charge is 2.16. The van der Waals surface area contributed by atoms with Crippen LogP contribution in [0.3, 0.4) is 0 Å². The van der Waals surface area contributed by atoms with Gasteiger partial charge in [0.1, 0.15) is 5.01 Å². The van der Waals surface area contributed by atoms with Crippen molar-refractivity contribution in [2.45, 2.75) is 39.3 Å². The van der Waals surface area contributed by atoms with Crippen LogP contribution in [0.5, 0.6) is 0 Å². The van der Waals surface area contributed by atoms with Gasteiger partial charge in [0.05, 0.1) is 16.8 Å². The van der Waals surface area contributed by atoms with Crippen LogP contribution in [-0.4, -0.2) is 27.8 Å². The minimum absolute atomic E-state index is 0.657. The molecule has 2 aromatic rings. The Morgan fingerprint density at radius 3 is 2.63 bits per heavy atom. The zero-order chi connectivity index (χ0) is 13.7. The lowest BCUT2D eigenvalue weighted by Gasteiger charge is -2.28. The molecule has 19 heavy (non-hydrogen) atoms. The molecular formula is C15H21BrN2S. The van der Waals surface area contributed by atoms with Crippen LogP contribution in [0.2, 0.25) is 0 Å². The van der Waals surface area contributed by atoms with Gasteiger partial charge in [0.15, 0.2) is 0 Å². The molecule has 0 aliphatic carbocycles. The van der Waals surface area contributed by atoms with Crippen LogP contribution in [0.1, 0.15) is 31.7 Å². The fourth-order valence-electron chi connectivity index (χ4n) is 2.47. The van der Waals surface area contributed by atoms with Crippen molar-refractivity contribution in [2.24, 2.45) is 0 Å². The summed E-state index contributed by atoms with van der Waals surface area (Å²) >= 11 is 5.39. The molecule has 0 bridgehead atoms. The standard InChI is InChI=1S/C15H21BrN2S/c1-3-12(4-2)18(10-9-16)11-15-17-13-7-5-6-8-14(13)19-15/h5-8,12H,3-4,9-11H2,1-2H3. The first-order valence-corrected chi connectivity index (χ1v) is 8.86. The Hall–Kier alpha value is -0.450. The highest BCUT2D eigenvalue weighted by molar-refractivity contribution is 9.09. The summed E-state index contributed by atoms with van der Waals surface area (Å²) in [4.78, 5) is 7.30. The molecule has 1 aromatic heterocycles. The summed E-state index contributed by atoms with van der Waals surface area (Å²) in [5, 5.41) is 2.25. The van der Waals surface area contributed by atoms with Gasteiger partial charge in [-0.25, -0.2) is 4.98 Å². The minimum Gasteiger partial charge on any atom is -0.293 e. The van der Waals surface area contributed by atoms with Crippen molar-refractivity contribution in [1.29, 1.82) is 0 Å². The summed E-state index contributed by atoms with van der Waals surface area (Å²) in [6, 6.07) is 9.05. The first kappa shape index (κ1) is 14.9. The number of thiazole rings is 1. The van der Waals surface area contributed by atoms with Crippen LogP contribution in [0.4, 0.5) is 0 Å². The Morgan fingerprint density at radius 2 is 2.00 bits per heavy atom. The smallest absolute Gasteiger partial charge is 0.108 e. The van der Waals surface area contributed by atoms with Gasteiger partial charge in [0, 0.05) is 17.9 Å². The number of hydrogen-bond donors (Lipinski definition) is 0. The second-order valence-corrected chi connectivity index (χ2v) is 6.61. The molecular weight excluding hydrogens is 320 g/mol. The number of nitrogens with zero attached hydrogens (tertiary/aromatic N) is 2. The van der Waals surface area contributed by atoms with Crippen LogP contribution >= 0.6 is 27.3 Å². The number of rotatable bonds is 7. The number of fused-ring (bicyclic) bond motifs is 1. The van der Waals surface area contributed by atoms with Gasteiger partial charge in [0.25, 0.3) is 0 Å². The van der Waals surface area contributed by atoms with Gasteiger partial charge in [-0.05, 0) is 25.0 Å². The van der Waals surface area contributed by atoms with Crippen molar-refractivity contribution in [3.8, 4) is 0 Å². The van der Waals surface area contributed by atoms with E-state index in [1.165, 1.54) is 22.5 Å². The molecule has 2 nitrogen and oxygen atoms in total. The molecule has 4 heteroatoms. The van der Waals surface area contributed by atoms with Crippen LogP contribution in [0.25, 0.3) is 10.2 Å². The normalized spacial score (nSPS) is 11.8. The van der Waals surface area contributed by atoms with E-state index in [1.54, 1.807) is 0 Å². The van der Waals surface area contributed by atoms with Crippen LogP contribution in [0.15, 0.2) is 24.3 Å². The quantitative estimate of drug-likeness (QED) is 0.680. The second kappa shape index (κ2) is 7.36. The summed E-state index contributed by atoms with van der Waals surface area (Å²) < 4.78 is 1.29. The molecule has 0 radical (unpaired) electrons. The van der Waals surface area contributed by atoms with E-state index in [1.807, 2.05) is 11.3 Å². The first-order valence-electron chi connectivity index (χ1n) is 6.92. The topological polar surface area (TPSA) is 16.1 Å². The van der Waals surface area contributed by atoms with Gasteiger partial charge in [0.2, 0.25) is 0 Å². The molecule has 0 aliphatic rings. The van der Waals surface area contributed by atoms with Gasteiger partial charge in [-0.1, -0.05) is 41.9 Å². The number of halogens is 1. The number of alkyl halides is 1. The molecule has 0 aliphatic heterocycles. The molecule has 0 saturated carbocycles. The first-order chi connectivity index (χ1) is 9.28. The summed E-state index contributed by atoms with van der Waals surface area (Å²) in [6.07, 6.45) is 2.41. The molecule has 0 atom stereocenters. The largest absolute Gasteiger partial charge is 0.293 e. The maximum Gasteiger partial charge on any atom is 0.108 e. The van der Waals surface area contributed by atoms with Gasteiger partial charge in [-0.2, -0.15) is 0 Å². The van der Waals surface area contributed by atoms with Crippen molar-refractivity contribution in [2.75, 3.05) is 11.9 Å². The third kappa shape index (κ3) is 3.77. The Kier molecular flexibility index (Phi) is 5.79. The third-order valence-corrected chi connectivity index (χ3v) is 4.88. The van der Waals surface area contributed by atoms with Gasteiger partial charge < -0.3 is 0 Å². The fourth-order valence-corrected chi connectivity index (χ4v) is 3.91. The molecule has 0 fully saturated rings. The van der Waals surface area contributed by atoms with Crippen molar-refractivity contribution in [1.82, 2.24) is 9.88 Å². The number of hydrogen-bond acceptors (Lipinski definition) is 3. The highest BCUT2D eigenvalue weighted by atomic mass is 79.9. The van der Waals surface area contributed by atoms with Gasteiger partial charge >= 0.3 is 0 Å². The molecule has 104 valence electrons. The summed E-state index contributed by atoms with van der Waals surface area (Å²) in [6.45, 7) is 6.60. The lowest BCUT2D eigenvalue weighted by Crippen LogP contribution is -2.35. The van der Waals surface area contributed by atoms with E-state index < -0.39 is 0 Å². The molecule has 0 unspecified atom stereocenters. The predicted molar refractivity (Wildman–Crippen MR) is 88.2 cm³/mol. The molecule has 1 aromatic carbocycles. The Morgan fingerprint density at radius 1 is 1.26 bits per heavy atom. The number of benzene rings is 1. The SMILES string of the molecule is CCC(CC)N(CCBr)Cc1nc2ccccc2s1. The minimum atomic E-state index is 0.657. The maximum absolute atomic E-state index is 4.75. The van der Waals surface area contributed by atoms with E-state index in [9.17, 15) is 0 Å². The van der Waals surface area contributed by atoms with Gasteiger partial charge in [-0.15, -0.1) is 11.3 Å². The van der Waals surface area contributed by atoms with E-state index in [-0.39, 0.29) is 0 Å². The highest BCUT2D eigenvalue weighted by Crippen LogP contribution is 2.24. The number of aromatic nitrogens is 1. The lowest BCUT2D eigenvalue weighted by atomic mass is 10.1. The maximum atomic E-state index is 4.75. The summed E-state index contributed by atoms with van der Waals surface area (Å²) in [7, 11) is 0. The summed E-state index contributed by atoms with van der Waals surface area (Å²) in [5.74, 6) is 0. The van der Waals surface area contributed by atoms with Crippen molar-refractivity contribution in [3.05, 3.63) is 29.3 Å².